The fourth-order valence-electron chi connectivity index (χ4n) is 1.94. The molecule has 2 atom stereocenters. The molecule has 0 aromatic rings. The zero-order valence-corrected chi connectivity index (χ0v) is 9.91. The highest BCUT2D eigenvalue weighted by Crippen LogP contribution is 2.14. The Kier molecular flexibility index (Phi) is 4.99. The van der Waals surface area contributed by atoms with Crippen molar-refractivity contribution in [2.24, 2.45) is 5.73 Å². The number of likely N-dealkylation sites (N-methyl/N-ethyl adjacent to an activating group) is 1. The molecule has 1 saturated heterocycles. The summed E-state index contributed by atoms with van der Waals surface area (Å²) in [6.45, 7) is 7.51. The molecule has 0 amide bonds. The Morgan fingerprint density at radius 2 is 2.33 bits per heavy atom. The van der Waals surface area contributed by atoms with Crippen LogP contribution in [0.2, 0.25) is 0 Å². The fourth-order valence-corrected chi connectivity index (χ4v) is 1.94. The van der Waals surface area contributed by atoms with Crippen molar-refractivity contribution in [3.8, 4) is 0 Å². The minimum Gasteiger partial charge on any atom is -0.394 e. The van der Waals surface area contributed by atoms with Crippen LogP contribution in [-0.2, 0) is 4.74 Å². The van der Waals surface area contributed by atoms with Gasteiger partial charge in [-0.15, -0.1) is 0 Å². The van der Waals surface area contributed by atoms with Gasteiger partial charge in [0.05, 0.1) is 12.7 Å². The van der Waals surface area contributed by atoms with E-state index in [0.29, 0.717) is 6.10 Å². The first-order valence-electron chi connectivity index (χ1n) is 5.81. The summed E-state index contributed by atoms with van der Waals surface area (Å²) in [5, 5.41) is 9.12. The van der Waals surface area contributed by atoms with Gasteiger partial charge in [0, 0.05) is 25.2 Å². The van der Waals surface area contributed by atoms with E-state index in [1.54, 1.807) is 0 Å². The van der Waals surface area contributed by atoms with Gasteiger partial charge in [0.15, 0.2) is 0 Å². The number of aliphatic hydroxyl groups is 1. The number of nitrogens with two attached hydrogens (primary N) is 1. The second kappa shape index (κ2) is 5.80. The SMILES string of the molecule is CCN(CC1CCCO1)CC(C)(N)CO. The monoisotopic (exact) mass is 216 g/mol. The zero-order chi connectivity index (χ0) is 11.3. The van der Waals surface area contributed by atoms with Gasteiger partial charge < -0.3 is 15.6 Å². The van der Waals surface area contributed by atoms with Crippen LogP contribution in [0.15, 0.2) is 0 Å². The van der Waals surface area contributed by atoms with Crippen molar-refractivity contribution < 1.29 is 9.84 Å². The molecule has 1 fully saturated rings. The Morgan fingerprint density at radius 1 is 1.60 bits per heavy atom. The molecular weight excluding hydrogens is 192 g/mol. The first-order valence-corrected chi connectivity index (χ1v) is 5.81. The van der Waals surface area contributed by atoms with Gasteiger partial charge >= 0.3 is 0 Å². The molecule has 1 heterocycles. The Hall–Kier alpha value is -0.160. The van der Waals surface area contributed by atoms with Crippen molar-refractivity contribution in [1.29, 1.82) is 0 Å². The van der Waals surface area contributed by atoms with Gasteiger partial charge in [-0.1, -0.05) is 6.92 Å². The van der Waals surface area contributed by atoms with E-state index in [0.717, 1.165) is 32.7 Å². The molecule has 1 aliphatic rings. The molecule has 0 aromatic carbocycles. The molecule has 0 spiro atoms. The second-order valence-electron chi connectivity index (χ2n) is 4.77. The molecule has 1 aliphatic heterocycles. The van der Waals surface area contributed by atoms with Crippen molar-refractivity contribution in [2.45, 2.75) is 38.3 Å². The lowest BCUT2D eigenvalue weighted by Gasteiger charge is -2.31. The predicted molar refractivity (Wildman–Crippen MR) is 60.8 cm³/mol. The Morgan fingerprint density at radius 3 is 2.80 bits per heavy atom. The standard InChI is InChI=1S/C11H24N2O2/c1-3-13(8-11(2,12)9-14)7-10-5-4-6-15-10/h10,14H,3-9,12H2,1-2H3. The Bertz CT molecular complexity index is 179. The van der Waals surface area contributed by atoms with E-state index in [1.165, 1.54) is 6.42 Å². The third kappa shape index (κ3) is 4.47. The summed E-state index contributed by atoms with van der Waals surface area (Å²) in [5.41, 5.74) is 5.43. The highest BCUT2D eigenvalue weighted by atomic mass is 16.5. The predicted octanol–water partition coefficient (Wildman–Crippen LogP) is 0.197. The van der Waals surface area contributed by atoms with E-state index in [4.69, 9.17) is 15.6 Å². The molecule has 0 bridgehead atoms. The number of hydrogen-bond donors (Lipinski definition) is 2. The molecule has 2 unspecified atom stereocenters. The highest BCUT2D eigenvalue weighted by Gasteiger charge is 2.24. The topological polar surface area (TPSA) is 58.7 Å². The van der Waals surface area contributed by atoms with E-state index in [-0.39, 0.29) is 6.61 Å². The maximum absolute atomic E-state index is 9.12. The van der Waals surface area contributed by atoms with Crippen molar-refractivity contribution in [3.63, 3.8) is 0 Å². The minimum atomic E-state index is -0.505. The average molecular weight is 216 g/mol. The number of ether oxygens (including phenoxy) is 1. The van der Waals surface area contributed by atoms with Crippen LogP contribution in [0.1, 0.15) is 26.7 Å². The van der Waals surface area contributed by atoms with Gasteiger partial charge in [-0.05, 0) is 26.3 Å². The molecule has 0 aliphatic carbocycles. The van der Waals surface area contributed by atoms with E-state index in [9.17, 15) is 0 Å². The molecule has 0 aromatic heterocycles. The lowest BCUT2D eigenvalue weighted by molar-refractivity contribution is 0.0614. The van der Waals surface area contributed by atoms with E-state index < -0.39 is 5.54 Å². The quantitative estimate of drug-likeness (QED) is 0.666. The molecule has 0 saturated carbocycles. The van der Waals surface area contributed by atoms with Gasteiger partial charge in [0.25, 0.3) is 0 Å². The van der Waals surface area contributed by atoms with E-state index in [2.05, 4.69) is 11.8 Å². The summed E-state index contributed by atoms with van der Waals surface area (Å²) in [4.78, 5) is 2.26. The van der Waals surface area contributed by atoms with Gasteiger partial charge in [-0.25, -0.2) is 0 Å². The number of aliphatic hydroxyl groups excluding tert-OH is 1. The van der Waals surface area contributed by atoms with Crippen LogP contribution in [0.5, 0.6) is 0 Å². The smallest absolute Gasteiger partial charge is 0.0702 e. The van der Waals surface area contributed by atoms with Gasteiger partial charge in [0.2, 0.25) is 0 Å². The van der Waals surface area contributed by atoms with E-state index in [1.807, 2.05) is 6.92 Å². The Balaban J connectivity index is 2.34. The van der Waals surface area contributed by atoms with Crippen molar-refractivity contribution in [3.05, 3.63) is 0 Å². The van der Waals surface area contributed by atoms with Crippen molar-refractivity contribution in [2.75, 3.05) is 32.8 Å². The van der Waals surface area contributed by atoms with Crippen molar-refractivity contribution >= 4 is 0 Å². The lowest BCUT2D eigenvalue weighted by Crippen LogP contribution is -2.51. The molecular formula is C11H24N2O2. The molecule has 1 rings (SSSR count). The molecule has 3 N–H and O–H groups in total. The van der Waals surface area contributed by atoms with Crippen LogP contribution in [0.4, 0.5) is 0 Å². The Labute approximate surface area is 92.4 Å². The highest BCUT2D eigenvalue weighted by molar-refractivity contribution is 4.83. The van der Waals surface area contributed by atoms with E-state index >= 15 is 0 Å². The number of nitrogens with zero attached hydrogens (tertiary/aromatic N) is 1. The number of hydrogen-bond acceptors (Lipinski definition) is 4. The number of rotatable bonds is 6. The maximum Gasteiger partial charge on any atom is 0.0702 e. The fraction of sp³-hybridized carbons (Fsp3) is 1.00. The summed E-state index contributed by atoms with van der Waals surface area (Å²) in [5.74, 6) is 0. The second-order valence-corrected chi connectivity index (χ2v) is 4.77. The minimum absolute atomic E-state index is 0.0228. The van der Waals surface area contributed by atoms with Crippen LogP contribution in [0, 0.1) is 0 Å². The van der Waals surface area contributed by atoms with Gasteiger partial charge in [-0.2, -0.15) is 0 Å². The summed E-state index contributed by atoms with van der Waals surface area (Å²) < 4.78 is 5.59. The molecule has 15 heavy (non-hydrogen) atoms. The molecule has 0 radical (unpaired) electrons. The van der Waals surface area contributed by atoms with Crippen LogP contribution in [0.25, 0.3) is 0 Å². The summed E-state index contributed by atoms with van der Waals surface area (Å²) in [6, 6.07) is 0. The summed E-state index contributed by atoms with van der Waals surface area (Å²) in [7, 11) is 0. The van der Waals surface area contributed by atoms with Crippen LogP contribution >= 0.6 is 0 Å². The van der Waals surface area contributed by atoms with Crippen LogP contribution in [-0.4, -0.2) is 54.5 Å². The van der Waals surface area contributed by atoms with Gasteiger partial charge in [0.1, 0.15) is 0 Å². The van der Waals surface area contributed by atoms with Crippen molar-refractivity contribution in [1.82, 2.24) is 4.90 Å². The maximum atomic E-state index is 9.12. The van der Waals surface area contributed by atoms with Gasteiger partial charge in [-0.3, -0.25) is 4.90 Å². The normalized spacial score (nSPS) is 25.8. The first kappa shape index (κ1) is 12.9. The first-order chi connectivity index (χ1) is 7.07. The summed E-state index contributed by atoms with van der Waals surface area (Å²) >= 11 is 0. The third-order valence-corrected chi connectivity index (χ3v) is 2.88. The lowest BCUT2D eigenvalue weighted by atomic mass is 10.0. The largest absolute Gasteiger partial charge is 0.394 e. The summed E-state index contributed by atoms with van der Waals surface area (Å²) in [6.07, 6.45) is 2.68. The molecule has 4 heteroatoms. The van der Waals surface area contributed by atoms with Crippen LogP contribution < -0.4 is 5.73 Å². The molecule has 90 valence electrons. The van der Waals surface area contributed by atoms with Crippen LogP contribution in [0.3, 0.4) is 0 Å². The molecule has 4 nitrogen and oxygen atoms in total. The zero-order valence-electron chi connectivity index (χ0n) is 9.91. The third-order valence-electron chi connectivity index (χ3n) is 2.88. The average Bonchev–Trinajstić information content (AvgIpc) is 2.69.